The summed E-state index contributed by atoms with van der Waals surface area (Å²) in [5.74, 6) is 0.245. The molecule has 1 atom stereocenters. The van der Waals surface area contributed by atoms with Gasteiger partial charge in [-0.05, 0) is 26.7 Å². The minimum absolute atomic E-state index is 0.0431. The second-order valence-corrected chi connectivity index (χ2v) is 4.88. The molecule has 3 nitrogen and oxygen atoms in total. The molecule has 1 aliphatic heterocycles. The van der Waals surface area contributed by atoms with E-state index in [2.05, 4.69) is 26.1 Å². The molecule has 14 heavy (non-hydrogen) atoms. The number of likely N-dealkylation sites (tertiary alicyclic amines) is 1. The van der Waals surface area contributed by atoms with Crippen molar-refractivity contribution < 1.29 is 4.79 Å². The lowest BCUT2D eigenvalue weighted by atomic mass is 9.97. The van der Waals surface area contributed by atoms with Crippen LogP contribution in [-0.2, 0) is 4.79 Å². The Labute approximate surface area is 86.9 Å². The lowest BCUT2D eigenvalue weighted by molar-refractivity contribution is -0.128. The topological polar surface area (TPSA) is 32.3 Å². The molecule has 1 fully saturated rings. The number of carbonyl (C=O) groups excluding carboxylic acids is 1. The zero-order valence-electron chi connectivity index (χ0n) is 9.76. The van der Waals surface area contributed by atoms with Crippen LogP contribution in [0.5, 0.6) is 0 Å². The molecule has 1 N–H and O–H groups in total. The fourth-order valence-corrected chi connectivity index (χ4v) is 2.13. The van der Waals surface area contributed by atoms with E-state index in [1.54, 1.807) is 4.90 Å². The summed E-state index contributed by atoms with van der Waals surface area (Å²) in [6.07, 6.45) is 3.21. The minimum atomic E-state index is 0.0431. The maximum absolute atomic E-state index is 11.7. The Hall–Kier alpha value is -0.570. The Morgan fingerprint density at radius 2 is 2.21 bits per heavy atom. The molecule has 0 spiro atoms. The van der Waals surface area contributed by atoms with E-state index in [1.807, 2.05) is 7.05 Å². The molecule has 1 unspecified atom stereocenters. The molecule has 1 saturated heterocycles. The van der Waals surface area contributed by atoms with Gasteiger partial charge in [-0.1, -0.05) is 13.3 Å². The maximum Gasteiger partial charge on any atom is 0.239 e. The van der Waals surface area contributed by atoms with Crippen molar-refractivity contribution in [3.05, 3.63) is 0 Å². The number of likely N-dealkylation sites (N-methyl/N-ethyl adjacent to an activating group) is 1. The predicted molar refractivity (Wildman–Crippen MR) is 58.2 cm³/mol. The van der Waals surface area contributed by atoms with Crippen LogP contribution in [0.2, 0.25) is 0 Å². The van der Waals surface area contributed by atoms with Gasteiger partial charge in [0.1, 0.15) is 0 Å². The summed E-state index contributed by atoms with van der Waals surface area (Å²) >= 11 is 0. The summed E-state index contributed by atoms with van der Waals surface area (Å²) in [6.45, 7) is 7.40. The highest BCUT2D eigenvalue weighted by Crippen LogP contribution is 2.16. The molecule has 0 aromatic rings. The number of nitrogens with zero attached hydrogens (tertiary/aromatic N) is 1. The van der Waals surface area contributed by atoms with Gasteiger partial charge in [0, 0.05) is 19.1 Å². The van der Waals surface area contributed by atoms with E-state index >= 15 is 0 Å². The summed E-state index contributed by atoms with van der Waals surface area (Å²) in [5, 5.41) is 3.45. The number of hydrogen-bond acceptors (Lipinski definition) is 2. The van der Waals surface area contributed by atoms with Gasteiger partial charge < -0.3 is 10.2 Å². The first-order chi connectivity index (χ1) is 6.46. The van der Waals surface area contributed by atoms with Crippen molar-refractivity contribution in [1.82, 2.24) is 10.2 Å². The van der Waals surface area contributed by atoms with Gasteiger partial charge in [-0.3, -0.25) is 4.79 Å². The summed E-state index contributed by atoms with van der Waals surface area (Å²) in [7, 11) is 1.87. The van der Waals surface area contributed by atoms with Crippen LogP contribution >= 0.6 is 0 Å². The quantitative estimate of drug-likeness (QED) is 0.740. The van der Waals surface area contributed by atoms with Gasteiger partial charge in [0.15, 0.2) is 0 Å². The van der Waals surface area contributed by atoms with E-state index in [0.717, 1.165) is 25.8 Å². The third kappa shape index (κ3) is 2.71. The first-order valence-corrected chi connectivity index (χ1v) is 5.49. The molecule has 0 aromatic carbocycles. The standard InChI is InChI=1S/C11H22N2O/c1-5-7-11(2,3)12-9-6-8-13(4)10(9)14/h9,12H,5-8H2,1-4H3. The number of rotatable bonds is 4. The Morgan fingerprint density at radius 1 is 1.57 bits per heavy atom. The number of carbonyl (C=O) groups is 1. The highest BCUT2D eigenvalue weighted by Gasteiger charge is 2.32. The van der Waals surface area contributed by atoms with Crippen LogP contribution in [-0.4, -0.2) is 36.0 Å². The summed E-state index contributed by atoms with van der Waals surface area (Å²) in [6, 6.07) is 0.0431. The fraction of sp³-hybridized carbons (Fsp3) is 0.909. The minimum Gasteiger partial charge on any atom is -0.344 e. The van der Waals surface area contributed by atoms with Gasteiger partial charge >= 0.3 is 0 Å². The highest BCUT2D eigenvalue weighted by molar-refractivity contribution is 5.83. The average Bonchev–Trinajstić information content (AvgIpc) is 2.35. The summed E-state index contributed by atoms with van der Waals surface area (Å²) < 4.78 is 0. The summed E-state index contributed by atoms with van der Waals surface area (Å²) in [5.41, 5.74) is 0.0836. The number of nitrogens with one attached hydrogen (secondary N) is 1. The van der Waals surface area contributed by atoms with Crippen LogP contribution in [0.15, 0.2) is 0 Å². The van der Waals surface area contributed by atoms with Crippen LogP contribution in [0.1, 0.15) is 40.0 Å². The lowest BCUT2D eigenvalue weighted by Crippen LogP contribution is -2.49. The molecule has 1 amide bonds. The second-order valence-electron chi connectivity index (χ2n) is 4.88. The van der Waals surface area contributed by atoms with Gasteiger partial charge in [-0.25, -0.2) is 0 Å². The van der Waals surface area contributed by atoms with E-state index in [1.165, 1.54) is 0 Å². The third-order valence-electron chi connectivity index (χ3n) is 2.87. The second kappa shape index (κ2) is 4.30. The van der Waals surface area contributed by atoms with Gasteiger partial charge in [0.25, 0.3) is 0 Å². The van der Waals surface area contributed by atoms with E-state index in [-0.39, 0.29) is 17.5 Å². The van der Waals surface area contributed by atoms with Crippen LogP contribution < -0.4 is 5.32 Å². The van der Waals surface area contributed by atoms with Crippen molar-refractivity contribution >= 4 is 5.91 Å². The molecule has 0 aliphatic carbocycles. The average molecular weight is 198 g/mol. The zero-order valence-corrected chi connectivity index (χ0v) is 9.76. The molecule has 3 heteroatoms. The Balaban J connectivity index is 2.48. The Kier molecular flexibility index (Phi) is 3.53. The Bertz CT molecular complexity index is 213. The molecule has 1 heterocycles. The third-order valence-corrected chi connectivity index (χ3v) is 2.87. The fourth-order valence-electron chi connectivity index (χ4n) is 2.13. The normalized spacial score (nSPS) is 23.3. The largest absolute Gasteiger partial charge is 0.344 e. The summed E-state index contributed by atoms with van der Waals surface area (Å²) in [4.78, 5) is 13.5. The SMILES string of the molecule is CCCC(C)(C)NC1CCN(C)C1=O. The van der Waals surface area contributed by atoms with Gasteiger partial charge in [-0.15, -0.1) is 0 Å². The molecular weight excluding hydrogens is 176 g/mol. The first-order valence-electron chi connectivity index (χ1n) is 5.49. The monoisotopic (exact) mass is 198 g/mol. The number of amides is 1. The van der Waals surface area contributed by atoms with Crippen molar-refractivity contribution in [3.63, 3.8) is 0 Å². The van der Waals surface area contributed by atoms with Crippen LogP contribution in [0.3, 0.4) is 0 Å². The molecule has 1 aliphatic rings. The van der Waals surface area contributed by atoms with E-state index in [9.17, 15) is 4.79 Å². The zero-order chi connectivity index (χ0) is 10.8. The molecular formula is C11H22N2O. The lowest BCUT2D eigenvalue weighted by Gasteiger charge is -2.29. The van der Waals surface area contributed by atoms with Crippen LogP contribution in [0, 0.1) is 0 Å². The maximum atomic E-state index is 11.7. The van der Waals surface area contributed by atoms with Crippen molar-refractivity contribution in [1.29, 1.82) is 0 Å². The van der Waals surface area contributed by atoms with E-state index in [0.29, 0.717) is 0 Å². The van der Waals surface area contributed by atoms with Crippen molar-refractivity contribution in [3.8, 4) is 0 Å². The van der Waals surface area contributed by atoms with E-state index in [4.69, 9.17) is 0 Å². The smallest absolute Gasteiger partial charge is 0.239 e. The first kappa shape index (κ1) is 11.5. The predicted octanol–water partition coefficient (Wildman–Crippen LogP) is 1.39. The van der Waals surface area contributed by atoms with E-state index < -0.39 is 0 Å². The highest BCUT2D eigenvalue weighted by atomic mass is 16.2. The Morgan fingerprint density at radius 3 is 2.64 bits per heavy atom. The van der Waals surface area contributed by atoms with Gasteiger partial charge in [-0.2, -0.15) is 0 Å². The van der Waals surface area contributed by atoms with Crippen molar-refractivity contribution in [2.75, 3.05) is 13.6 Å². The van der Waals surface area contributed by atoms with Crippen molar-refractivity contribution in [2.24, 2.45) is 0 Å². The van der Waals surface area contributed by atoms with Crippen LogP contribution in [0.25, 0.3) is 0 Å². The molecule has 82 valence electrons. The van der Waals surface area contributed by atoms with Crippen molar-refractivity contribution in [2.45, 2.75) is 51.6 Å². The molecule has 0 aromatic heterocycles. The number of hydrogen-bond donors (Lipinski definition) is 1. The van der Waals surface area contributed by atoms with Gasteiger partial charge in [0.2, 0.25) is 5.91 Å². The molecule has 0 radical (unpaired) electrons. The van der Waals surface area contributed by atoms with Gasteiger partial charge in [0.05, 0.1) is 6.04 Å². The molecule has 0 bridgehead atoms. The molecule has 1 rings (SSSR count). The van der Waals surface area contributed by atoms with Crippen LogP contribution in [0.4, 0.5) is 0 Å². The molecule has 0 saturated carbocycles.